The molecular formula is C17H21ClN6O. The van der Waals surface area contributed by atoms with Crippen molar-refractivity contribution in [1.82, 2.24) is 19.7 Å². The van der Waals surface area contributed by atoms with Crippen molar-refractivity contribution >= 4 is 34.0 Å². The summed E-state index contributed by atoms with van der Waals surface area (Å²) in [5.74, 6) is 1.41. The van der Waals surface area contributed by atoms with Crippen LogP contribution in [0.5, 0.6) is 5.75 Å². The van der Waals surface area contributed by atoms with E-state index >= 15 is 0 Å². The van der Waals surface area contributed by atoms with E-state index < -0.39 is 0 Å². The van der Waals surface area contributed by atoms with Gasteiger partial charge in [-0.25, -0.2) is 9.67 Å². The van der Waals surface area contributed by atoms with Crippen LogP contribution in [0.15, 0.2) is 30.5 Å². The van der Waals surface area contributed by atoms with E-state index in [1.54, 1.807) is 30.1 Å². The summed E-state index contributed by atoms with van der Waals surface area (Å²) >= 11 is 6.10. The molecule has 0 bridgehead atoms. The maximum absolute atomic E-state index is 6.10. The topological polar surface area (TPSA) is 81.2 Å². The normalized spacial score (nSPS) is 11.2. The molecule has 0 fully saturated rings. The van der Waals surface area contributed by atoms with Crippen molar-refractivity contribution in [3.8, 4) is 11.4 Å². The van der Waals surface area contributed by atoms with Gasteiger partial charge in [0.05, 0.1) is 18.0 Å². The number of hydrogen-bond acceptors (Lipinski definition) is 6. The number of nitrogen functional groups attached to an aromatic ring is 1. The number of nitrogens with one attached hydrogen (secondary N) is 1. The summed E-state index contributed by atoms with van der Waals surface area (Å²) in [7, 11) is 5.67. The van der Waals surface area contributed by atoms with Gasteiger partial charge in [-0.1, -0.05) is 11.6 Å². The fourth-order valence-electron chi connectivity index (χ4n) is 2.57. The molecule has 25 heavy (non-hydrogen) atoms. The summed E-state index contributed by atoms with van der Waals surface area (Å²) in [5, 5.41) is 9.33. The van der Waals surface area contributed by atoms with E-state index in [0.29, 0.717) is 16.6 Å². The summed E-state index contributed by atoms with van der Waals surface area (Å²) < 4.78 is 7.24. The van der Waals surface area contributed by atoms with Crippen molar-refractivity contribution in [2.45, 2.75) is 0 Å². The highest BCUT2D eigenvalue weighted by Crippen LogP contribution is 2.31. The Kier molecular flexibility index (Phi) is 4.96. The van der Waals surface area contributed by atoms with Gasteiger partial charge < -0.3 is 20.7 Å². The average molecular weight is 361 g/mol. The smallest absolute Gasteiger partial charge is 0.158 e. The first-order valence-corrected chi connectivity index (χ1v) is 8.24. The third-order valence-electron chi connectivity index (χ3n) is 3.81. The van der Waals surface area contributed by atoms with Gasteiger partial charge in [-0.05, 0) is 32.3 Å². The van der Waals surface area contributed by atoms with Crippen LogP contribution in [0.4, 0.5) is 11.5 Å². The zero-order valence-corrected chi connectivity index (χ0v) is 15.2. The molecular weight excluding hydrogens is 340 g/mol. The van der Waals surface area contributed by atoms with Gasteiger partial charge in [0.2, 0.25) is 0 Å². The highest BCUT2D eigenvalue weighted by atomic mass is 35.5. The number of anilines is 2. The maximum atomic E-state index is 6.10. The zero-order chi connectivity index (χ0) is 18.0. The minimum absolute atomic E-state index is 0.399. The Morgan fingerprint density at radius 2 is 2.12 bits per heavy atom. The zero-order valence-electron chi connectivity index (χ0n) is 14.5. The third-order valence-corrected chi connectivity index (χ3v) is 4.02. The SMILES string of the molecule is COc1ccc(N)cc1-n1nc(NCCN(C)C)c2cnc(Cl)cc21. The number of halogens is 1. The van der Waals surface area contributed by atoms with Crippen LogP contribution in [0, 0.1) is 0 Å². The molecule has 8 heteroatoms. The molecule has 0 saturated heterocycles. The summed E-state index contributed by atoms with van der Waals surface area (Å²) in [6.45, 7) is 1.65. The molecule has 0 atom stereocenters. The highest BCUT2D eigenvalue weighted by Gasteiger charge is 2.16. The van der Waals surface area contributed by atoms with E-state index in [-0.39, 0.29) is 0 Å². The standard InChI is InChI=1S/C17H21ClN6O/c1-23(2)7-6-20-17-12-10-21-16(18)9-13(12)24(22-17)14-8-11(19)4-5-15(14)25-3/h4-5,8-10H,6-7,19H2,1-3H3,(H,20,22). The lowest BCUT2D eigenvalue weighted by Crippen LogP contribution is -2.21. The Morgan fingerprint density at radius 3 is 2.84 bits per heavy atom. The van der Waals surface area contributed by atoms with Gasteiger partial charge in [0.15, 0.2) is 5.82 Å². The molecule has 0 spiro atoms. The minimum atomic E-state index is 0.399. The maximum Gasteiger partial charge on any atom is 0.158 e. The second-order valence-electron chi connectivity index (χ2n) is 5.95. The predicted molar refractivity (Wildman–Crippen MR) is 102 cm³/mol. The lowest BCUT2D eigenvalue weighted by Gasteiger charge is -2.11. The molecule has 0 aliphatic carbocycles. The number of methoxy groups -OCH3 is 1. The number of aromatic nitrogens is 3. The van der Waals surface area contributed by atoms with Crippen LogP contribution in [-0.4, -0.2) is 54.0 Å². The van der Waals surface area contributed by atoms with Crippen molar-refractivity contribution in [2.24, 2.45) is 0 Å². The molecule has 0 unspecified atom stereocenters. The molecule has 1 aromatic carbocycles. The lowest BCUT2D eigenvalue weighted by molar-refractivity contribution is 0.412. The van der Waals surface area contributed by atoms with Crippen LogP contribution in [-0.2, 0) is 0 Å². The second kappa shape index (κ2) is 7.16. The van der Waals surface area contributed by atoms with Gasteiger partial charge in [-0.2, -0.15) is 0 Å². The van der Waals surface area contributed by atoms with Gasteiger partial charge >= 0.3 is 0 Å². The second-order valence-corrected chi connectivity index (χ2v) is 6.33. The van der Waals surface area contributed by atoms with Crippen LogP contribution in [0.1, 0.15) is 0 Å². The summed E-state index contributed by atoms with van der Waals surface area (Å²) in [5.41, 5.74) is 8.16. The number of hydrogen-bond donors (Lipinski definition) is 2. The van der Waals surface area contributed by atoms with E-state index in [4.69, 9.17) is 27.2 Å². The van der Waals surface area contributed by atoms with Gasteiger partial charge in [0.25, 0.3) is 0 Å². The van der Waals surface area contributed by atoms with Crippen LogP contribution in [0.2, 0.25) is 5.15 Å². The molecule has 2 heterocycles. The van der Waals surface area contributed by atoms with E-state index in [0.717, 1.165) is 35.5 Å². The Bertz CT molecular complexity index is 892. The fourth-order valence-corrected chi connectivity index (χ4v) is 2.72. The van der Waals surface area contributed by atoms with Crippen molar-refractivity contribution in [1.29, 1.82) is 0 Å². The highest BCUT2D eigenvalue weighted by molar-refractivity contribution is 6.30. The van der Waals surface area contributed by atoms with Crippen LogP contribution in [0.25, 0.3) is 16.6 Å². The first kappa shape index (κ1) is 17.3. The number of likely N-dealkylation sites (N-methyl/N-ethyl adjacent to an activating group) is 1. The molecule has 0 aliphatic rings. The monoisotopic (exact) mass is 360 g/mol. The number of pyridine rings is 1. The minimum Gasteiger partial charge on any atom is -0.494 e. The van der Waals surface area contributed by atoms with Gasteiger partial charge in [-0.3, -0.25) is 0 Å². The number of nitrogens with zero attached hydrogens (tertiary/aromatic N) is 4. The quantitative estimate of drug-likeness (QED) is 0.519. The van der Waals surface area contributed by atoms with Crippen molar-refractivity contribution < 1.29 is 4.74 Å². The summed E-state index contributed by atoms with van der Waals surface area (Å²) in [6.07, 6.45) is 1.72. The molecule has 7 nitrogen and oxygen atoms in total. The molecule has 2 aromatic heterocycles. The average Bonchev–Trinajstić information content (AvgIpc) is 2.92. The largest absolute Gasteiger partial charge is 0.494 e. The molecule has 132 valence electrons. The van der Waals surface area contributed by atoms with Gasteiger partial charge in [0.1, 0.15) is 16.6 Å². The number of nitrogens with two attached hydrogens (primary N) is 1. The molecule has 0 saturated carbocycles. The Morgan fingerprint density at radius 1 is 1.32 bits per heavy atom. The van der Waals surface area contributed by atoms with Crippen LogP contribution < -0.4 is 15.8 Å². The van der Waals surface area contributed by atoms with Gasteiger partial charge in [-0.15, -0.1) is 5.10 Å². The van der Waals surface area contributed by atoms with Crippen molar-refractivity contribution in [3.63, 3.8) is 0 Å². The first-order chi connectivity index (χ1) is 12.0. The molecule has 3 N–H and O–H groups in total. The molecule has 3 aromatic rings. The van der Waals surface area contributed by atoms with E-state index in [1.165, 1.54) is 0 Å². The Hall–Kier alpha value is -2.51. The number of fused-ring (bicyclic) bond motifs is 1. The number of rotatable bonds is 6. The Labute approximate surface area is 151 Å². The first-order valence-electron chi connectivity index (χ1n) is 7.86. The van der Waals surface area contributed by atoms with E-state index in [9.17, 15) is 0 Å². The lowest BCUT2D eigenvalue weighted by atomic mass is 10.2. The molecule has 0 radical (unpaired) electrons. The molecule has 0 aliphatic heterocycles. The summed E-state index contributed by atoms with van der Waals surface area (Å²) in [4.78, 5) is 6.28. The Balaban J connectivity index is 2.12. The molecule has 0 amide bonds. The third kappa shape index (κ3) is 3.62. The molecule has 3 rings (SSSR count). The van der Waals surface area contributed by atoms with E-state index in [1.807, 2.05) is 26.2 Å². The van der Waals surface area contributed by atoms with Crippen molar-refractivity contribution in [2.75, 3.05) is 45.3 Å². The van der Waals surface area contributed by atoms with Crippen LogP contribution in [0.3, 0.4) is 0 Å². The number of benzene rings is 1. The number of ether oxygens (including phenoxy) is 1. The predicted octanol–water partition coefficient (Wildman–Crippen LogP) is 2.64. The summed E-state index contributed by atoms with van der Waals surface area (Å²) in [6, 6.07) is 7.21. The fraction of sp³-hybridized carbons (Fsp3) is 0.294. The van der Waals surface area contributed by atoms with E-state index in [2.05, 4.69) is 15.2 Å². The van der Waals surface area contributed by atoms with Crippen LogP contribution >= 0.6 is 11.6 Å². The van der Waals surface area contributed by atoms with Crippen molar-refractivity contribution in [3.05, 3.63) is 35.6 Å². The van der Waals surface area contributed by atoms with Gasteiger partial charge in [0, 0.05) is 31.0 Å².